The Morgan fingerprint density at radius 3 is 2.63 bits per heavy atom. The molecule has 0 saturated heterocycles. The SMILES string of the molecule is CCOC1(C(CCC(F)(F)F)NN)CCCC(C)C1. The van der Waals surface area contributed by atoms with Gasteiger partial charge in [0.15, 0.2) is 0 Å². The summed E-state index contributed by atoms with van der Waals surface area (Å²) in [6.45, 7) is 4.49. The molecule has 0 amide bonds. The van der Waals surface area contributed by atoms with Gasteiger partial charge in [0.05, 0.1) is 11.6 Å². The van der Waals surface area contributed by atoms with Crippen LogP contribution in [0.25, 0.3) is 0 Å². The molecule has 3 nitrogen and oxygen atoms in total. The monoisotopic (exact) mass is 282 g/mol. The number of halogens is 3. The fourth-order valence-corrected chi connectivity index (χ4v) is 3.19. The second kappa shape index (κ2) is 6.90. The first-order chi connectivity index (χ1) is 8.83. The van der Waals surface area contributed by atoms with Crippen LogP contribution in [0.3, 0.4) is 0 Å². The average molecular weight is 282 g/mol. The molecule has 0 bridgehead atoms. The summed E-state index contributed by atoms with van der Waals surface area (Å²) in [5.41, 5.74) is 2.02. The van der Waals surface area contributed by atoms with Gasteiger partial charge in [-0.05, 0) is 32.1 Å². The zero-order valence-electron chi connectivity index (χ0n) is 11.7. The zero-order valence-corrected chi connectivity index (χ0v) is 11.7. The van der Waals surface area contributed by atoms with Gasteiger partial charge in [0, 0.05) is 13.0 Å². The van der Waals surface area contributed by atoms with Crippen molar-refractivity contribution < 1.29 is 17.9 Å². The third-order valence-corrected chi connectivity index (χ3v) is 3.98. The molecule has 114 valence electrons. The van der Waals surface area contributed by atoms with Crippen molar-refractivity contribution in [2.24, 2.45) is 11.8 Å². The molecule has 0 aromatic carbocycles. The largest absolute Gasteiger partial charge is 0.389 e. The summed E-state index contributed by atoms with van der Waals surface area (Å²) in [5, 5.41) is 0. The fourth-order valence-electron chi connectivity index (χ4n) is 3.19. The normalized spacial score (nSPS) is 30.3. The fraction of sp³-hybridized carbons (Fsp3) is 1.00. The maximum atomic E-state index is 12.4. The van der Waals surface area contributed by atoms with Gasteiger partial charge in [0.25, 0.3) is 0 Å². The Morgan fingerprint density at radius 2 is 2.16 bits per heavy atom. The highest BCUT2D eigenvalue weighted by Crippen LogP contribution is 2.39. The minimum atomic E-state index is -4.15. The Labute approximate surface area is 113 Å². The maximum absolute atomic E-state index is 12.4. The lowest BCUT2D eigenvalue weighted by Gasteiger charge is -2.45. The standard InChI is InChI=1S/C13H25F3N2O/c1-3-19-12(7-4-5-10(2)9-12)11(18-17)6-8-13(14,15)16/h10-11,18H,3-9,17H2,1-2H3. The lowest BCUT2D eigenvalue weighted by atomic mass is 9.73. The molecule has 0 radical (unpaired) electrons. The summed E-state index contributed by atoms with van der Waals surface area (Å²) in [6.07, 6.45) is -1.39. The Kier molecular flexibility index (Phi) is 6.08. The molecule has 1 aliphatic carbocycles. The second-order valence-electron chi connectivity index (χ2n) is 5.57. The summed E-state index contributed by atoms with van der Waals surface area (Å²) < 4.78 is 43.0. The minimum Gasteiger partial charge on any atom is -0.374 e. The van der Waals surface area contributed by atoms with E-state index in [1.165, 1.54) is 0 Å². The summed E-state index contributed by atoms with van der Waals surface area (Å²) in [7, 11) is 0. The molecule has 0 aliphatic heterocycles. The van der Waals surface area contributed by atoms with Crippen LogP contribution in [-0.2, 0) is 4.74 Å². The Balaban J connectivity index is 2.75. The highest BCUT2D eigenvalue weighted by molar-refractivity contribution is 4.96. The third kappa shape index (κ3) is 4.93. The van der Waals surface area contributed by atoms with E-state index in [2.05, 4.69) is 12.3 Å². The van der Waals surface area contributed by atoms with Crippen molar-refractivity contribution in [3.8, 4) is 0 Å². The van der Waals surface area contributed by atoms with Gasteiger partial charge in [-0.25, -0.2) is 0 Å². The molecule has 1 aliphatic rings. The summed E-state index contributed by atoms with van der Waals surface area (Å²) in [4.78, 5) is 0. The van der Waals surface area contributed by atoms with Crippen LogP contribution in [0.2, 0.25) is 0 Å². The molecular weight excluding hydrogens is 257 g/mol. The van der Waals surface area contributed by atoms with E-state index in [1.807, 2.05) is 6.92 Å². The number of hydrogen-bond acceptors (Lipinski definition) is 3. The van der Waals surface area contributed by atoms with Gasteiger partial charge in [0.1, 0.15) is 0 Å². The van der Waals surface area contributed by atoms with E-state index in [-0.39, 0.29) is 6.42 Å². The van der Waals surface area contributed by atoms with Crippen molar-refractivity contribution in [1.29, 1.82) is 0 Å². The smallest absolute Gasteiger partial charge is 0.374 e. The predicted molar refractivity (Wildman–Crippen MR) is 68.4 cm³/mol. The first kappa shape index (κ1) is 16.7. The van der Waals surface area contributed by atoms with Crippen LogP contribution in [0.5, 0.6) is 0 Å². The molecule has 0 spiro atoms. The van der Waals surface area contributed by atoms with Gasteiger partial charge < -0.3 is 4.74 Å². The van der Waals surface area contributed by atoms with Crippen LogP contribution < -0.4 is 11.3 Å². The number of ether oxygens (including phenoxy) is 1. The summed E-state index contributed by atoms with van der Waals surface area (Å²) in [5.74, 6) is 5.96. The quantitative estimate of drug-likeness (QED) is 0.581. The number of alkyl halides is 3. The molecule has 3 atom stereocenters. The van der Waals surface area contributed by atoms with Gasteiger partial charge in [0.2, 0.25) is 0 Å². The number of rotatable bonds is 6. The van der Waals surface area contributed by atoms with E-state index in [4.69, 9.17) is 10.6 Å². The van der Waals surface area contributed by atoms with Crippen molar-refractivity contribution in [3.05, 3.63) is 0 Å². The first-order valence-corrected chi connectivity index (χ1v) is 7.00. The van der Waals surface area contributed by atoms with Gasteiger partial charge >= 0.3 is 6.18 Å². The topological polar surface area (TPSA) is 47.3 Å². The Hall–Kier alpha value is -0.330. The van der Waals surface area contributed by atoms with Crippen molar-refractivity contribution in [3.63, 3.8) is 0 Å². The van der Waals surface area contributed by atoms with Crippen molar-refractivity contribution >= 4 is 0 Å². The van der Waals surface area contributed by atoms with Crippen molar-refractivity contribution in [2.45, 2.75) is 70.2 Å². The molecular formula is C13H25F3N2O. The number of hydrazine groups is 1. The van der Waals surface area contributed by atoms with Crippen LogP contribution in [-0.4, -0.2) is 24.4 Å². The molecule has 6 heteroatoms. The summed E-state index contributed by atoms with van der Waals surface area (Å²) in [6, 6.07) is -0.447. The lowest BCUT2D eigenvalue weighted by Crippen LogP contribution is -2.57. The maximum Gasteiger partial charge on any atom is 0.389 e. The van der Waals surface area contributed by atoms with Gasteiger partial charge in [-0.15, -0.1) is 0 Å². The van der Waals surface area contributed by atoms with E-state index < -0.39 is 24.2 Å². The highest BCUT2D eigenvalue weighted by atomic mass is 19.4. The summed E-state index contributed by atoms with van der Waals surface area (Å²) >= 11 is 0. The highest BCUT2D eigenvalue weighted by Gasteiger charge is 2.43. The van der Waals surface area contributed by atoms with E-state index in [1.54, 1.807) is 0 Å². The van der Waals surface area contributed by atoms with E-state index in [9.17, 15) is 13.2 Å². The predicted octanol–water partition coefficient (Wildman–Crippen LogP) is 3.15. The molecule has 3 unspecified atom stereocenters. The molecule has 0 aromatic rings. The minimum absolute atomic E-state index is 0.0350. The van der Waals surface area contributed by atoms with E-state index in [0.717, 1.165) is 25.7 Å². The average Bonchev–Trinajstić information content (AvgIpc) is 2.28. The Morgan fingerprint density at radius 1 is 1.47 bits per heavy atom. The molecule has 1 saturated carbocycles. The molecule has 19 heavy (non-hydrogen) atoms. The van der Waals surface area contributed by atoms with Crippen LogP contribution in [0.1, 0.15) is 52.4 Å². The van der Waals surface area contributed by atoms with Crippen LogP contribution in [0.4, 0.5) is 13.2 Å². The second-order valence-corrected chi connectivity index (χ2v) is 5.57. The van der Waals surface area contributed by atoms with Gasteiger partial charge in [-0.1, -0.05) is 19.8 Å². The molecule has 0 heterocycles. The van der Waals surface area contributed by atoms with Crippen LogP contribution in [0.15, 0.2) is 0 Å². The molecule has 1 fully saturated rings. The number of nitrogens with two attached hydrogens (primary N) is 1. The number of hydrogen-bond donors (Lipinski definition) is 2. The van der Waals surface area contributed by atoms with Crippen LogP contribution in [0, 0.1) is 5.92 Å². The first-order valence-electron chi connectivity index (χ1n) is 7.00. The zero-order chi connectivity index (χ0) is 14.5. The van der Waals surface area contributed by atoms with Gasteiger partial charge in [-0.2, -0.15) is 13.2 Å². The third-order valence-electron chi connectivity index (χ3n) is 3.98. The van der Waals surface area contributed by atoms with Crippen molar-refractivity contribution in [1.82, 2.24) is 5.43 Å². The Bertz CT molecular complexity index is 269. The van der Waals surface area contributed by atoms with Gasteiger partial charge in [-0.3, -0.25) is 11.3 Å². The van der Waals surface area contributed by atoms with E-state index >= 15 is 0 Å². The number of nitrogens with one attached hydrogen (secondary N) is 1. The van der Waals surface area contributed by atoms with Crippen molar-refractivity contribution in [2.75, 3.05) is 6.61 Å². The van der Waals surface area contributed by atoms with Crippen LogP contribution >= 0.6 is 0 Å². The molecule has 3 N–H and O–H groups in total. The molecule has 0 aromatic heterocycles. The lowest BCUT2D eigenvalue weighted by molar-refractivity contribution is -0.147. The van der Waals surface area contributed by atoms with E-state index in [0.29, 0.717) is 12.5 Å². The molecule has 1 rings (SSSR count).